The van der Waals surface area contributed by atoms with Crippen molar-refractivity contribution in [2.45, 2.75) is 44.2 Å². The molecule has 2 unspecified atom stereocenters. The number of aliphatic hydroxyl groups is 1. The van der Waals surface area contributed by atoms with Crippen LogP contribution in [0.3, 0.4) is 0 Å². The molecule has 2 atom stereocenters. The van der Waals surface area contributed by atoms with Gasteiger partial charge >= 0.3 is 0 Å². The number of nitrogens with one attached hydrogen (secondary N) is 1. The van der Waals surface area contributed by atoms with Gasteiger partial charge in [0.1, 0.15) is 5.60 Å². The third-order valence-electron chi connectivity index (χ3n) is 4.28. The minimum atomic E-state index is -0.815. The number of hydrogen-bond donors (Lipinski definition) is 2. The number of fused-ring (bicyclic) bond motifs is 1. The Morgan fingerprint density at radius 2 is 2.14 bits per heavy atom. The topological polar surface area (TPSA) is 52.6 Å². The van der Waals surface area contributed by atoms with Gasteiger partial charge in [0.25, 0.3) is 0 Å². The first-order valence-corrected chi connectivity index (χ1v) is 7.67. The first kappa shape index (κ1) is 16.0. The molecule has 116 valence electrons. The summed E-state index contributed by atoms with van der Waals surface area (Å²) in [4.78, 5) is 13.3. The second-order valence-electron chi connectivity index (χ2n) is 6.32. The molecular formula is C17H26N2O2. The van der Waals surface area contributed by atoms with Crippen LogP contribution in [-0.2, 0) is 16.8 Å². The number of rotatable bonds is 5. The van der Waals surface area contributed by atoms with Gasteiger partial charge in [-0.3, -0.25) is 4.79 Å². The number of benzene rings is 1. The standard InChI is InChI=1S/C17H26N2O2/c1-13(11-16(20)19(2)3)18-12-17(21)10-6-8-14-7-4-5-9-15(14)17/h4-5,7,9,13,18,21H,6,8,10-12H2,1-3H3. The van der Waals surface area contributed by atoms with Gasteiger partial charge < -0.3 is 15.3 Å². The van der Waals surface area contributed by atoms with Crippen LogP contribution in [0.2, 0.25) is 0 Å². The zero-order chi connectivity index (χ0) is 15.5. The van der Waals surface area contributed by atoms with Gasteiger partial charge in [-0.15, -0.1) is 0 Å². The molecule has 1 aliphatic carbocycles. The van der Waals surface area contributed by atoms with Crippen molar-refractivity contribution < 1.29 is 9.90 Å². The summed E-state index contributed by atoms with van der Waals surface area (Å²) in [5, 5.41) is 14.3. The first-order chi connectivity index (χ1) is 9.92. The molecular weight excluding hydrogens is 264 g/mol. The summed E-state index contributed by atoms with van der Waals surface area (Å²) in [6, 6.07) is 8.17. The Balaban J connectivity index is 1.98. The van der Waals surface area contributed by atoms with Gasteiger partial charge in [-0.25, -0.2) is 0 Å². The van der Waals surface area contributed by atoms with Crippen LogP contribution in [0.4, 0.5) is 0 Å². The lowest BCUT2D eigenvalue weighted by atomic mass is 9.79. The van der Waals surface area contributed by atoms with E-state index in [4.69, 9.17) is 0 Å². The van der Waals surface area contributed by atoms with Crippen molar-refractivity contribution in [3.63, 3.8) is 0 Å². The van der Waals surface area contributed by atoms with Crippen molar-refractivity contribution in [2.24, 2.45) is 0 Å². The number of hydrogen-bond acceptors (Lipinski definition) is 3. The summed E-state index contributed by atoms with van der Waals surface area (Å²) in [5.74, 6) is 0.103. The maximum Gasteiger partial charge on any atom is 0.223 e. The number of nitrogens with zero attached hydrogens (tertiary/aromatic N) is 1. The molecule has 2 N–H and O–H groups in total. The first-order valence-electron chi connectivity index (χ1n) is 7.67. The number of carbonyl (C=O) groups excluding carboxylic acids is 1. The van der Waals surface area contributed by atoms with Crippen LogP contribution in [0.5, 0.6) is 0 Å². The van der Waals surface area contributed by atoms with Crippen LogP contribution < -0.4 is 5.32 Å². The number of amides is 1. The predicted molar refractivity (Wildman–Crippen MR) is 84.1 cm³/mol. The molecule has 0 spiro atoms. The lowest BCUT2D eigenvalue weighted by Crippen LogP contribution is -2.44. The Hall–Kier alpha value is -1.39. The van der Waals surface area contributed by atoms with Crippen molar-refractivity contribution >= 4 is 5.91 Å². The largest absolute Gasteiger partial charge is 0.384 e. The molecule has 1 aromatic carbocycles. The molecule has 21 heavy (non-hydrogen) atoms. The van der Waals surface area contributed by atoms with E-state index < -0.39 is 5.60 Å². The molecule has 0 saturated heterocycles. The molecule has 1 aliphatic rings. The third-order valence-corrected chi connectivity index (χ3v) is 4.28. The van der Waals surface area contributed by atoms with E-state index in [1.165, 1.54) is 5.56 Å². The van der Waals surface area contributed by atoms with E-state index in [1.807, 2.05) is 25.1 Å². The monoisotopic (exact) mass is 290 g/mol. The molecule has 0 saturated carbocycles. The van der Waals surface area contributed by atoms with Gasteiger partial charge in [0.05, 0.1) is 0 Å². The lowest BCUT2D eigenvalue weighted by molar-refractivity contribution is -0.129. The van der Waals surface area contributed by atoms with Crippen molar-refractivity contribution in [1.82, 2.24) is 10.2 Å². The van der Waals surface area contributed by atoms with Crippen molar-refractivity contribution in [2.75, 3.05) is 20.6 Å². The number of aryl methyl sites for hydroxylation is 1. The molecule has 2 rings (SSSR count). The zero-order valence-corrected chi connectivity index (χ0v) is 13.2. The van der Waals surface area contributed by atoms with E-state index in [2.05, 4.69) is 11.4 Å². The Morgan fingerprint density at radius 3 is 2.86 bits per heavy atom. The minimum Gasteiger partial charge on any atom is -0.384 e. The third kappa shape index (κ3) is 3.83. The summed E-state index contributed by atoms with van der Waals surface area (Å²) < 4.78 is 0. The summed E-state index contributed by atoms with van der Waals surface area (Å²) in [7, 11) is 3.53. The van der Waals surface area contributed by atoms with E-state index in [0.29, 0.717) is 13.0 Å². The highest BCUT2D eigenvalue weighted by Gasteiger charge is 2.34. The number of carbonyl (C=O) groups is 1. The fraction of sp³-hybridized carbons (Fsp3) is 0.588. The minimum absolute atomic E-state index is 0.0537. The molecule has 0 radical (unpaired) electrons. The van der Waals surface area contributed by atoms with E-state index in [1.54, 1.807) is 19.0 Å². The molecule has 0 heterocycles. The van der Waals surface area contributed by atoms with Gasteiger partial charge in [-0.05, 0) is 37.3 Å². The van der Waals surface area contributed by atoms with Crippen LogP contribution >= 0.6 is 0 Å². The highest BCUT2D eigenvalue weighted by atomic mass is 16.3. The molecule has 4 nitrogen and oxygen atoms in total. The molecule has 0 aliphatic heterocycles. The average molecular weight is 290 g/mol. The zero-order valence-electron chi connectivity index (χ0n) is 13.2. The van der Waals surface area contributed by atoms with Gasteiger partial charge in [0.15, 0.2) is 0 Å². The summed E-state index contributed by atoms with van der Waals surface area (Å²) in [6.45, 7) is 2.48. The van der Waals surface area contributed by atoms with E-state index >= 15 is 0 Å². The van der Waals surface area contributed by atoms with E-state index in [9.17, 15) is 9.90 Å². The van der Waals surface area contributed by atoms with Crippen LogP contribution in [-0.4, -0.2) is 42.6 Å². The van der Waals surface area contributed by atoms with E-state index in [-0.39, 0.29) is 11.9 Å². The molecule has 0 bridgehead atoms. The highest BCUT2D eigenvalue weighted by Crippen LogP contribution is 2.34. The van der Waals surface area contributed by atoms with Crippen molar-refractivity contribution in [3.05, 3.63) is 35.4 Å². The Morgan fingerprint density at radius 1 is 1.43 bits per heavy atom. The Kier molecular flexibility index (Phi) is 5.01. The SMILES string of the molecule is CC(CC(=O)N(C)C)NCC1(O)CCCc2ccccc21. The van der Waals surface area contributed by atoms with Crippen LogP contribution in [0.25, 0.3) is 0 Å². The Bertz CT molecular complexity index is 501. The average Bonchev–Trinajstić information content (AvgIpc) is 2.46. The smallest absolute Gasteiger partial charge is 0.223 e. The predicted octanol–water partition coefficient (Wildman–Crippen LogP) is 1.67. The summed E-state index contributed by atoms with van der Waals surface area (Å²) in [5.41, 5.74) is 1.46. The second kappa shape index (κ2) is 6.58. The summed E-state index contributed by atoms with van der Waals surface area (Å²) >= 11 is 0. The van der Waals surface area contributed by atoms with Crippen molar-refractivity contribution in [3.8, 4) is 0 Å². The highest BCUT2D eigenvalue weighted by molar-refractivity contribution is 5.76. The van der Waals surface area contributed by atoms with Gasteiger partial charge in [0.2, 0.25) is 5.91 Å². The lowest BCUT2D eigenvalue weighted by Gasteiger charge is -2.35. The molecule has 1 amide bonds. The fourth-order valence-electron chi connectivity index (χ4n) is 2.94. The Labute approximate surface area is 127 Å². The quantitative estimate of drug-likeness (QED) is 0.867. The molecule has 0 fully saturated rings. The molecule has 0 aromatic heterocycles. The normalized spacial score (nSPS) is 22.5. The molecule has 4 heteroatoms. The van der Waals surface area contributed by atoms with E-state index in [0.717, 1.165) is 24.8 Å². The van der Waals surface area contributed by atoms with Crippen molar-refractivity contribution in [1.29, 1.82) is 0 Å². The summed E-state index contributed by atoms with van der Waals surface area (Å²) in [6.07, 6.45) is 3.25. The second-order valence-corrected chi connectivity index (χ2v) is 6.32. The van der Waals surface area contributed by atoms with Crippen LogP contribution in [0.1, 0.15) is 37.3 Å². The van der Waals surface area contributed by atoms with Crippen LogP contribution in [0.15, 0.2) is 24.3 Å². The van der Waals surface area contributed by atoms with Gasteiger partial charge in [0, 0.05) is 33.1 Å². The fourth-order valence-corrected chi connectivity index (χ4v) is 2.94. The van der Waals surface area contributed by atoms with Gasteiger partial charge in [-0.1, -0.05) is 24.3 Å². The van der Waals surface area contributed by atoms with Crippen LogP contribution in [0, 0.1) is 0 Å². The molecule has 1 aromatic rings. The van der Waals surface area contributed by atoms with Gasteiger partial charge in [-0.2, -0.15) is 0 Å². The maximum atomic E-state index is 11.7. The maximum absolute atomic E-state index is 11.7.